The molecular formula is C10H13NO2S2. The van der Waals surface area contributed by atoms with Crippen molar-refractivity contribution in [3.63, 3.8) is 0 Å². The first-order valence-corrected chi connectivity index (χ1v) is 6.75. The molecule has 0 aliphatic carbocycles. The van der Waals surface area contributed by atoms with Crippen LogP contribution in [0.25, 0.3) is 0 Å². The number of thioether (sulfide) groups is 2. The molecule has 82 valence electrons. The van der Waals surface area contributed by atoms with Crippen LogP contribution in [0.4, 0.5) is 0 Å². The van der Waals surface area contributed by atoms with Crippen molar-refractivity contribution in [1.29, 1.82) is 0 Å². The monoisotopic (exact) mass is 243 g/mol. The summed E-state index contributed by atoms with van der Waals surface area (Å²) >= 11 is 3.14. The molecule has 1 atom stereocenters. The Labute approximate surface area is 97.4 Å². The molecule has 0 aromatic heterocycles. The van der Waals surface area contributed by atoms with Gasteiger partial charge in [0.2, 0.25) is 0 Å². The molecule has 0 saturated heterocycles. The summed E-state index contributed by atoms with van der Waals surface area (Å²) in [5, 5.41) is 8.84. The fraction of sp³-hybridized carbons (Fsp3) is 0.300. The molecule has 0 spiro atoms. The van der Waals surface area contributed by atoms with Crippen molar-refractivity contribution in [2.24, 2.45) is 5.73 Å². The van der Waals surface area contributed by atoms with Gasteiger partial charge in [-0.3, -0.25) is 4.79 Å². The predicted octanol–water partition coefficient (Wildman–Crippen LogP) is 2.21. The van der Waals surface area contributed by atoms with E-state index in [0.29, 0.717) is 5.56 Å². The molecule has 0 heterocycles. The van der Waals surface area contributed by atoms with E-state index in [1.807, 2.05) is 24.6 Å². The summed E-state index contributed by atoms with van der Waals surface area (Å²) < 4.78 is 0. The average molecular weight is 243 g/mol. The quantitative estimate of drug-likeness (QED) is 0.794. The van der Waals surface area contributed by atoms with Gasteiger partial charge in [-0.25, -0.2) is 0 Å². The number of carboxylic acids is 1. The smallest absolute Gasteiger partial charge is 0.325 e. The lowest BCUT2D eigenvalue weighted by Gasteiger charge is -2.12. The zero-order chi connectivity index (χ0) is 11.4. The Morgan fingerprint density at radius 2 is 2.07 bits per heavy atom. The SMILES string of the molecule is CSc1ccc(C(N)C(=O)O)c(SC)c1. The number of rotatable bonds is 4. The van der Waals surface area contributed by atoms with Crippen molar-refractivity contribution in [2.45, 2.75) is 15.8 Å². The minimum Gasteiger partial charge on any atom is -0.480 e. The second-order valence-electron chi connectivity index (χ2n) is 2.92. The lowest BCUT2D eigenvalue weighted by molar-refractivity contribution is -0.138. The molecule has 0 amide bonds. The first-order chi connectivity index (χ1) is 7.10. The zero-order valence-electron chi connectivity index (χ0n) is 8.56. The standard InChI is InChI=1S/C10H13NO2S2/c1-14-6-3-4-7(8(5-6)15-2)9(11)10(12)13/h3-5,9H,11H2,1-2H3,(H,12,13). The fourth-order valence-corrected chi connectivity index (χ4v) is 2.40. The van der Waals surface area contributed by atoms with Crippen LogP contribution >= 0.6 is 23.5 Å². The van der Waals surface area contributed by atoms with E-state index in [9.17, 15) is 4.79 Å². The van der Waals surface area contributed by atoms with Gasteiger partial charge in [-0.05, 0) is 30.2 Å². The van der Waals surface area contributed by atoms with Gasteiger partial charge in [0, 0.05) is 9.79 Å². The molecule has 1 aromatic rings. The highest BCUT2D eigenvalue weighted by Gasteiger charge is 2.17. The van der Waals surface area contributed by atoms with E-state index in [1.165, 1.54) is 11.8 Å². The summed E-state index contributed by atoms with van der Waals surface area (Å²) in [6.45, 7) is 0. The second kappa shape index (κ2) is 5.44. The van der Waals surface area contributed by atoms with Crippen LogP contribution in [0.1, 0.15) is 11.6 Å². The maximum atomic E-state index is 10.8. The van der Waals surface area contributed by atoms with E-state index in [2.05, 4.69) is 0 Å². The maximum absolute atomic E-state index is 10.8. The van der Waals surface area contributed by atoms with Gasteiger partial charge in [0.25, 0.3) is 0 Å². The highest BCUT2D eigenvalue weighted by atomic mass is 32.2. The number of carboxylic acid groups (broad SMARTS) is 1. The first kappa shape index (κ1) is 12.4. The molecule has 1 unspecified atom stereocenters. The normalized spacial score (nSPS) is 12.5. The molecule has 3 N–H and O–H groups in total. The Balaban J connectivity index is 3.12. The van der Waals surface area contributed by atoms with Crippen molar-refractivity contribution in [3.05, 3.63) is 23.8 Å². The Morgan fingerprint density at radius 1 is 1.40 bits per heavy atom. The highest BCUT2D eigenvalue weighted by molar-refractivity contribution is 7.99. The summed E-state index contributed by atoms with van der Waals surface area (Å²) in [6, 6.07) is 4.70. The molecule has 0 bridgehead atoms. The lowest BCUT2D eigenvalue weighted by atomic mass is 10.1. The van der Waals surface area contributed by atoms with Crippen LogP contribution in [0.3, 0.4) is 0 Å². The van der Waals surface area contributed by atoms with Gasteiger partial charge in [0.15, 0.2) is 0 Å². The van der Waals surface area contributed by atoms with Crippen LogP contribution < -0.4 is 5.73 Å². The van der Waals surface area contributed by atoms with E-state index in [-0.39, 0.29) is 0 Å². The molecule has 0 aliphatic rings. The molecule has 0 aliphatic heterocycles. The second-order valence-corrected chi connectivity index (χ2v) is 4.65. The number of aliphatic carboxylic acids is 1. The highest BCUT2D eigenvalue weighted by Crippen LogP contribution is 2.29. The third kappa shape index (κ3) is 2.90. The Bertz CT molecular complexity index is 368. The van der Waals surface area contributed by atoms with Crippen molar-refractivity contribution in [2.75, 3.05) is 12.5 Å². The van der Waals surface area contributed by atoms with Gasteiger partial charge in [0.05, 0.1) is 0 Å². The van der Waals surface area contributed by atoms with Crippen LogP contribution in [-0.4, -0.2) is 23.6 Å². The van der Waals surface area contributed by atoms with E-state index >= 15 is 0 Å². The van der Waals surface area contributed by atoms with E-state index in [0.717, 1.165) is 9.79 Å². The summed E-state index contributed by atoms with van der Waals surface area (Å²) in [5.41, 5.74) is 6.26. The first-order valence-electron chi connectivity index (χ1n) is 4.30. The lowest BCUT2D eigenvalue weighted by Crippen LogP contribution is -2.21. The van der Waals surface area contributed by atoms with Gasteiger partial charge in [0.1, 0.15) is 6.04 Å². The summed E-state index contributed by atoms with van der Waals surface area (Å²) in [4.78, 5) is 12.8. The van der Waals surface area contributed by atoms with Gasteiger partial charge in [-0.2, -0.15) is 0 Å². The van der Waals surface area contributed by atoms with Gasteiger partial charge < -0.3 is 10.8 Å². The van der Waals surface area contributed by atoms with Crippen molar-refractivity contribution >= 4 is 29.5 Å². The van der Waals surface area contributed by atoms with Crippen LogP contribution in [0, 0.1) is 0 Å². The third-order valence-electron chi connectivity index (χ3n) is 2.04. The average Bonchev–Trinajstić information content (AvgIpc) is 2.27. The zero-order valence-corrected chi connectivity index (χ0v) is 10.2. The van der Waals surface area contributed by atoms with Gasteiger partial charge in [-0.1, -0.05) is 6.07 Å². The van der Waals surface area contributed by atoms with Crippen molar-refractivity contribution in [3.8, 4) is 0 Å². The van der Waals surface area contributed by atoms with Crippen LogP contribution in [0.15, 0.2) is 28.0 Å². The van der Waals surface area contributed by atoms with Crippen LogP contribution in [0.2, 0.25) is 0 Å². The molecule has 15 heavy (non-hydrogen) atoms. The van der Waals surface area contributed by atoms with E-state index in [1.54, 1.807) is 17.8 Å². The summed E-state index contributed by atoms with van der Waals surface area (Å²) in [5.74, 6) is -0.998. The molecule has 0 saturated carbocycles. The van der Waals surface area contributed by atoms with E-state index in [4.69, 9.17) is 10.8 Å². The molecule has 1 rings (SSSR count). The Hall–Kier alpha value is -0.650. The minimum atomic E-state index is -0.998. The van der Waals surface area contributed by atoms with Crippen LogP contribution in [-0.2, 0) is 4.79 Å². The minimum absolute atomic E-state index is 0.674. The Kier molecular flexibility index (Phi) is 4.50. The summed E-state index contributed by atoms with van der Waals surface area (Å²) in [6.07, 6.45) is 3.90. The molecule has 3 nitrogen and oxygen atoms in total. The van der Waals surface area contributed by atoms with Crippen LogP contribution in [0.5, 0.6) is 0 Å². The number of nitrogens with two attached hydrogens (primary N) is 1. The maximum Gasteiger partial charge on any atom is 0.325 e. The summed E-state index contributed by atoms with van der Waals surface area (Å²) in [7, 11) is 0. The van der Waals surface area contributed by atoms with Crippen molar-refractivity contribution < 1.29 is 9.90 Å². The number of carbonyl (C=O) groups is 1. The molecule has 5 heteroatoms. The number of benzene rings is 1. The van der Waals surface area contributed by atoms with Gasteiger partial charge >= 0.3 is 5.97 Å². The fourth-order valence-electron chi connectivity index (χ4n) is 1.21. The molecule has 1 aromatic carbocycles. The predicted molar refractivity (Wildman–Crippen MR) is 64.6 cm³/mol. The largest absolute Gasteiger partial charge is 0.480 e. The Morgan fingerprint density at radius 3 is 2.53 bits per heavy atom. The molecule has 0 radical (unpaired) electrons. The van der Waals surface area contributed by atoms with Crippen molar-refractivity contribution in [1.82, 2.24) is 0 Å². The molecule has 0 fully saturated rings. The van der Waals surface area contributed by atoms with E-state index < -0.39 is 12.0 Å². The number of hydrogen-bond donors (Lipinski definition) is 2. The number of hydrogen-bond acceptors (Lipinski definition) is 4. The topological polar surface area (TPSA) is 63.3 Å². The third-order valence-corrected chi connectivity index (χ3v) is 3.56. The van der Waals surface area contributed by atoms with Gasteiger partial charge in [-0.15, -0.1) is 23.5 Å². The molecular weight excluding hydrogens is 230 g/mol.